The van der Waals surface area contributed by atoms with E-state index in [1.807, 2.05) is 48.2 Å². The number of nitrogens with one attached hydrogen (secondary N) is 1. The van der Waals surface area contributed by atoms with E-state index in [-0.39, 0.29) is 12.5 Å². The molecule has 4 rings (SSSR count). The molecular formula is C22H27N3O3S. The molecule has 6 nitrogen and oxygen atoms in total. The minimum absolute atomic E-state index is 0.0748. The minimum atomic E-state index is -3.48. The first-order valence-electron chi connectivity index (χ1n) is 10.1. The van der Waals surface area contributed by atoms with Crippen molar-refractivity contribution in [2.45, 2.75) is 31.1 Å². The van der Waals surface area contributed by atoms with Crippen LogP contribution in [-0.4, -0.2) is 56.3 Å². The number of para-hydroxylation sites is 1. The van der Waals surface area contributed by atoms with Crippen LogP contribution in [0.15, 0.2) is 47.4 Å². The van der Waals surface area contributed by atoms with E-state index in [4.69, 9.17) is 0 Å². The summed E-state index contributed by atoms with van der Waals surface area (Å²) in [6.07, 6.45) is 3.10. The molecule has 1 N–H and O–H groups in total. The fourth-order valence-electron chi connectivity index (χ4n) is 4.09. The zero-order chi connectivity index (χ0) is 20.4. The molecule has 2 aliphatic rings. The van der Waals surface area contributed by atoms with Gasteiger partial charge in [-0.05, 0) is 61.1 Å². The molecule has 2 aromatic carbocycles. The van der Waals surface area contributed by atoms with Crippen LogP contribution in [0.25, 0.3) is 0 Å². The predicted octanol–water partition coefficient (Wildman–Crippen LogP) is 2.43. The number of benzene rings is 2. The molecule has 0 unspecified atom stereocenters. The topological polar surface area (TPSA) is 69.7 Å². The lowest BCUT2D eigenvalue weighted by molar-refractivity contribution is -0.117. The number of piperazine rings is 1. The maximum Gasteiger partial charge on any atom is 0.243 e. The van der Waals surface area contributed by atoms with Gasteiger partial charge in [-0.1, -0.05) is 24.3 Å². The SMILES string of the molecule is Cc1ccccc1NC(=O)CN1CCN(S(=O)(=O)c2ccc3c(c2)CCC3)CC1. The number of carbonyl (C=O) groups is 1. The maximum absolute atomic E-state index is 13.0. The Morgan fingerprint density at radius 1 is 1.00 bits per heavy atom. The highest BCUT2D eigenvalue weighted by molar-refractivity contribution is 7.89. The summed E-state index contributed by atoms with van der Waals surface area (Å²) in [5.74, 6) is -0.0748. The molecule has 0 aromatic heterocycles. The first-order valence-corrected chi connectivity index (χ1v) is 11.6. The summed E-state index contributed by atoms with van der Waals surface area (Å²) in [6, 6.07) is 13.2. The molecule has 1 amide bonds. The predicted molar refractivity (Wildman–Crippen MR) is 113 cm³/mol. The Morgan fingerprint density at radius 2 is 1.72 bits per heavy atom. The van der Waals surface area contributed by atoms with E-state index in [1.54, 1.807) is 10.4 Å². The Bertz CT molecular complexity index is 1010. The van der Waals surface area contributed by atoms with Crippen molar-refractivity contribution in [1.29, 1.82) is 0 Å². The second-order valence-corrected chi connectivity index (χ2v) is 9.77. The second-order valence-electron chi connectivity index (χ2n) is 7.83. The van der Waals surface area contributed by atoms with E-state index in [0.717, 1.165) is 36.1 Å². The molecule has 1 heterocycles. The fraction of sp³-hybridized carbons (Fsp3) is 0.409. The molecule has 1 aliphatic heterocycles. The molecule has 7 heteroatoms. The van der Waals surface area contributed by atoms with E-state index in [2.05, 4.69) is 5.32 Å². The molecule has 2 aromatic rings. The van der Waals surface area contributed by atoms with Crippen molar-refractivity contribution >= 4 is 21.6 Å². The Morgan fingerprint density at radius 3 is 2.48 bits per heavy atom. The van der Waals surface area contributed by atoms with Crippen LogP contribution in [0.3, 0.4) is 0 Å². The van der Waals surface area contributed by atoms with Gasteiger partial charge < -0.3 is 5.32 Å². The van der Waals surface area contributed by atoms with Crippen LogP contribution >= 0.6 is 0 Å². The van der Waals surface area contributed by atoms with Crippen molar-refractivity contribution in [3.05, 3.63) is 59.2 Å². The lowest BCUT2D eigenvalue weighted by Crippen LogP contribution is -2.50. The quantitative estimate of drug-likeness (QED) is 0.817. The number of amides is 1. The van der Waals surface area contributed by atoms with Gasteiger partial charge >= 0.3 is 0 Å². The summed E-state index contributed by atoms with van der Waals surface area (Å²) in [5, 5.41) is 2.94. The Labute approximate surface area is 172 Å². The van der Waals surface area contributed by atoms with Crippen LogP contribution in [0.2, 0.25) is 0 Å². The summed E-state index contributed by atoms with van der Waals surface area (Å²) in [5.41, 5.74) is 4.27. The highest BCUT2D eigenvalue weighted by Gasteiger charge is 2.30. The number of carbonyl (C=O) groups excluding carboxylic acids is 1. The number of aryl methyl sites for hydroxylation is 3. The molecule has 154 valence electrons. The highest BCUT2D eigenvalue weighted by Crippen LogP contribution is 2.26. The molecule has 1 aliphatic carbocycles. The molecule has 29 heavy (non-hydrogen) atoms. The number of hydrogen-bond acceptors (Lipinski definition) is 4. The van der Waals surface area contributed by atoms with Crippen molar-refractivity contribution < 1.29 is 13.2 Å². The van der Waals surface area contributed by atoms with Gasteiger partial charge in [-0.3, -0.25) is 9.69 Å². The first-order chi connectivity index (χ1) is 13.9. The summed E-state index contributed by atoms with van der Waals surface area (Å²) in [6.45, 7) is 4.12. The lowest BCUT2D eigenvalue weighted by Gasteiger charge is -2.33. The number of sulfonamides is 1. The molecule has 0 atom stereocenters. The summed E-state index contributed by atoms with van der Waals surface area (Å²) in [7, 11) is -3.48. The standard InChI is InChI=1S/C22H27N3O3S/c1-17-5-2-3-8-21(17)23-22(26)16-24-11-13-25(14-12-24)29(27,28)20-10-9-18-6-4-7-19(18)15-20/h2-3,5,8-10,15H,4,6-7,11-14,16H2,1H3,(H,23,26). The Balaban J connectivity index is 1.34. The largest absolute Gasteiger partial charge is 0.325 e. The Kier molecular flexibility index (Phi) is 5.72. The normalized spacial score (nSPS) is 17.8. The zero-order valence-corrected chi connectivity index (χ0v) is 17.5. The van der Waals surface area contributed by atoms with Crippen LogP contribution in [-0.2, 0) is 27.7 Å². The number of hydrogen-bond donors (Lipinski definition) is 1. The van der Waals surface area contributed by atoms with Crippen LogP contribution < -0.4 is 5.32 Å². The molecule has 0 spiro atoms. The Hall–Kier alpha value is -2.22. The fourth-order valence-corrected chi connectivity index (χ4v) is 5.57. The third kappa shape index (κ3) is 4.37. The smallest absolute Gasteiger partial charge is 0.243 e. The van der Waals surface area contributed by atoms with E-state index in [1.165, 1.54) is 5.56 Å². The maximum atomic E-state index is 13.0. The lowest BCUT2D eigenvalue weighted by atomic mass is 10.1. The molecule has 0 saturated carbocycles. The number of nitrogens with zero attached hydrogens (tertiary/aromatic N) is 2. The van der Waals surface area contributed by atoms with Gasteiger partial charge in [-0.2, -0.15) is 4.31 Å². The van der Waals surface area contributed by atoms with Crippen LogP contribution in [0.4, 0.5) is 5.69 Å². The summed E-state index contributed by atoms with van der Waals surface area (Å²) >= 11 is 0. The van der Waals surface area contributed by atoms with Crippen molar-refractivity contribution in [2.24, 2.45) is 0 Å². The third-order valence-corrected chi connectivity index (χ3v) is 7.72. The van der Waals surface area contributed by atoms with Crippen LogP contribution in [0.5, 0.6) is 0 Å². The number of fused-ring (bicyclic) bond motifs is 1. The van der Waals surface area contributed by atoms with Gasteiger partial charge in [0.1, 0.15) is 0 Å². The van der Waals surface area contributed by atoms with Crippen LogP contribution in [0, 0.1) is 6.92 Å². The van der Waals surface area contributed by atoms with E-state index in [0.29, 0.717) is 31.1 Å². The third-order valence-electron chi connectivity index (χ3n) is 5.83. The highest BCUT2D eigenvalue weighted by atomic mass is 32.2. The first kappa shape index (κ1) is 20.1. The van der Waals surface area contributed by atoms with Crippen molar-refractivity contribution in [3.63, 3.8) is 0 Å². The summed E-state index contributed by atoms with van der Waals surface area (Å²) in [4.78, 5) is 14.8. The number of rotatable bonds is 5. The molecule has 0 bridgehead atoms. The van der Waals surface area contributed by atoms with Crippen molar-refractivity contribution in [3.8, 4) is 0 Å². The monoisotopic (exact) mass is 413 g/mol. The van der Waals surface area contributed by atoms with Gasteiger partial charge in [0.2, 0.25) is 15.9 Å². The second kappa shape index (κ2) is 8.26. The summed E-state index contributed by atoms with van der Waals surface area (Å²) < 4.78 is 27.6. The molecule has 1 saturated heterocycles. The van der Waals surface area contributed by atoms with Gasteiger partial charge in [0.15, 0.2) is 0 Å². The van der Waals surface area contributed by atoms with Crippen molar-refractivity contribution in [1.82, 2.24) is 9.21 Å². The van der Waals surface area contributed by atoms with Gasteiger partial charge in [-0.15, -0.1) is 0 Å². The van der Waals surface area contributed by atoms with E-state index in [9.17, 15) is 13.2 Å². The van der Waals surface area contributed by atoms with E-state index >= 15 is 0 Å². The molecule has 1 fully saturated rings. The average Bonchev–Trinajstić information content (AvgIpc) is 3.18. The minimum Gasteiger partial charge on any atom is -0.325 e. The number of anilines is 1. The molecule has 0 radical (unpaired) electrons. The van der Waals surface area contributed by atoms with Crippen molar-refractivity contribution in [2.75, 3.05) is 38.0 Å². The average molecular weight is 414 g/mol. The van der Waals surface area contributed by atoms with Gasteiger partial charge in [-0.25, -0.2) is 8.42 Å². The van der Waals surface area contributed by atoms with Gasteiger partial charge in [0.05, 0.1) is 11.4 Å². The zero-order valence-electron chi connectivity index (χ0n) is 16.7. The van der Waals surface area contributed by atoms with E-state index < -0.39 is 10.0 Å². The molecular weight excluding hydrogens is 386 g/mol. The van der Waals surface area contributed by atoms with Crippen LogP contribution in [0.1, 0.15) is 23.1 Å². The van der Waals surface area contributed by atoms with Gasteiger partial charge in [0, 0.05) is 31.9 Å². The van der Waals surface area contributed by atoms with Gasteiger partial charge in [0.25, 0.3) is 0 Å².